The Morgan fingerprint density at radius 1 is 1.22 bits per heavy atom. The molecule has 0 N–H and O–H groups in total. The van der Waals surface area contributed by atoms with E-state index in [1.807, 2.05) is 26.8 Å². The van der Waals surface area contributed by atoms with Crippen molar-refractivity contribution in [2.24, 2.45) is 0 Å². The Hall–Kier alpha value is -1.04. The molecule has 1 saturated heterocycles. The molecule has 2 rings (SSSR count). The van der Waals surface area contributed by atoms with Gasteiger partial charge in [-0.2, -0.15) is 0 Å². The van der Waals surface area contributed by atoms with Crippen LogP contribution in [0.1, 0.15) is 32.8 Å². The second-order valence-corrected chi connectivity index (χ2v) is 7.43. The van der Waals surface area contributed by atoms with Crippen LogP contribution in [-0.2, 0) is 11.3 Å². The van der Waals surface area contributed by atoms with Gasteiger partial charge in [-0.3, -0.25) is 4.90 Å². The minimum atomic E-state index is -0.467. The number of nitrogens with zero attached hydrogens (tertiary/aromatic N) is 3. The largest absolute Gasteiger partial charge is 0.444 e. The molecule has 5 nitrogen and oxygen atoms in total. The second-order valence-electron chi connectivity index (χ2n) is 6.68. The van der Waals surface area contributed by atoms with Crippen LogP contribution < -0.4 is 0 Å². The maximum absolute atomic E-state index is 12.2. The smallest absolute Gasteiger partial charge is 0.410 e. The zero-order valence-corrected chi connectivity index (χ0v) is 15.3. The zero-order chi connectivity index (χ0) is 17.0. The normalized spacial score (nSPS) is 17.0. The van der Waals surface area contributed by atoms with Gasteiger partial charge in [0.1, 0.15) is 15.9 Å². The number of hydrogen-bond acceptors (Lipinski definition) is 4. The number of amides is 1. The van der Waals surface area contributed by atoms with Gasteiger partial charge in [-0.1, -0.05) is 29.3 Å². The fourth-order valence-electron chi connectivity index (χ4n) is 2.44. The first-order valence-corrected chi connectivity index (χ1v) is 8.51. The molecule has 128 valence electrons. The van der Waals surface area contributed by atoms with Crippen LogP contribution in [0.5, 0.6) is 0 Å². The molecule has 23 heavy (non-hydrogen) atoms. The lowest BCUT2D eigenvalue weighted by Crippen LogP contribution is -2.39. The Morgan fingerprint density at radius 3 is 2.61 bits per heavy atom. The number of aromatic nitrogens is 1. The van der Waals surface area contributed by atoms with Crippen LogP contribution in [0.25, 0.3) is 0 Å². The molecule has 0 saturated carbocycles. The molecule has 1 fully saturated rings. The molecule has 7 heteroatoms. The van der Waals surface area contributed by atoms with Crippen molar-refractivity contribution in [2.45, 2.75) is 39.3 Å². The predicted octanol–water partition coefficient (Wildman–Crippen LogP) is 3.83. The molecule has 0 atom stereocenters. The van der Waals surface area contributed by atoms with Crippen molar-refractivity contribution < 1.29 is 9.53 Å². The summed E-state index contributed by atoms with van der Waals surface area (Å²) in [7, 11) is 0. The summed E-state index contributed by atoms with van der Waals surface area (Å²) in [4.78, 5) is 20.3. The number of pyridine rings is 1. The summed E-state index contributed by atoms with van der Waals surface area (Å²) < 4.78 is 5.44. The third-order valence-electron chi connectivity index (χ3n) is 3.53. The Kier molecular flexibility index (Phi) is 6.12. The molecular formula is C16H23Cl2N3O2. The Balaban J connectivity index is 1.92. The number of carbonyl (C=O) groups excluding carboxylic acids is 1. The third kappa shape index (κ3) is 5.83. The van der Waals surface area contributed by atoms with Crippen LogP contribution >= 0.6 is 23.2 Å². The van der Waals surface area contributed by atoms with E-state index in [4.69, 9.17) is 27.9 Å². The maximum Gasteiger partial charge on any atom is 0.410 e. The van der Waals surface area contributed by atoms with E-state index in [1.165, 1.54) is 0 Å². The van der Waals surface area contributed by atoms with E-state index in [-0.39, 0.29) is 6.09 Å². The molecule has 0 spiro atoms. The van der Waals surface area contributed by atoms with Crippen molar-refractivity contribution in [2.75, 3.05) is 26.2 Å². The van der Waals surface area contributed by atoms with Gasteiger partial charge in [0.2, 0.25) is 0 Å². The highest BCUT2D eigenvalue weighted by Crippen LogP contribution is 2.19. The summed E-state index contributed by atoms with van der Waals surface area (Å²) in [6.07, 6.45) is 0.656. The summed E-state index contributed by atoms with van der Waals surface area (Å²) >= 11 is 12.0. The van der Waals surface area contributed by atoms with Gasteiger partial charge in [-0.25, -0.2) is 9.78 Å². The first-order chi connectivity index (χ1) is 10.7. The first-order valence-electron chi connectivity index (χ1n) is 7.76. The van der Waals surface area contributed by atoms with E-state index in [2.05, 4.69) is 9.88 Å². The van der Waals surface area contributed by atoms with E-state index in [9.17, 15) is 4.79 Å². The summed E-state index contributed by atoms with van der Waals surface area (Å²) in [5.41, 5.74) is 0.479. The predicted molar refractivity (Wildman–Crippen MR) is 92.0 cm³/mol. The van der Waals surface area contributed by atoms with E-state index in [0.717, 1.165) is 25.1 Å². The molecule has 1 aromatic heterocycles. The molecule has 0 aliphatic carbocycles. The van der Waals surface area contributed by atoms with Gasteiger partial charge >= 0.3 is 6.09 Å². The minimum absolute atomic E-state index is 0.245. The summed E-state index contributed by atoms with van der Waals surface area (Å²) in [6.45, 7) is 9.37. The lowest BCUT2D eigenvalue weighted by atomic mass is 10.2. The van der Waals surface area contributed by atoms with E-state index < -0.39 is 5.60 Å². The monoisotopic (exact) mass is 359 g/mol. The molecule has 1 aromatic rings. The van der Waals surface area contributed by atoms with Gasteiger partial charge in [0.05, 0.1) is 0 Å². The molecule has 2 heterocycles. The van der Waals surface area contributed by atoms with Gasteiger partial charge in [0.25, 0.3) is 0 Å². The van der Waals surface area contributed by atoms with Crippen LogP contribution in [0.15, 0.2) is 12.1 Å². The molecule has 0 bridgehead atoms. The van der Waals surface area contributed by atoms with E-state index in [0.29, 0.717) is 29.9 Å². The van der Waals surface area contributed by atoms with Gasteiger partial charge in [-0.15, -0.1) is 0 Å². The van der Waals surface area contributed by atoms with Crippen LogP contribution in [-0.4, -0.2) is 52.7 Å². The van der Waals surface area contributed by atoms with Crippen molar-refractivity contribution in [1.82, 2.24) is 14.8 Å². The van der Waals surface area contributed by atoms with Crippen molar-refractivity contribution in [3.8, 4) is 0 Å². The zero-order valence-electron chi connectivity index (χ0n) is 13.8. The quantitative estimate of drug-likeness (QED) is 0.752. The highest BCUT2D eigenvalue weighted by molar-refractivity contribution is 6.32. The Morgan fingerprint density at radius 2 is 1.96 bits per heavy atom. The molecule has 1 aliphatic rings. The average Bonchev–Trinajstić information content (AvgIpc) is 2.66. The van der Waals surface area contributed by atoms with Crippen molar-refractivity contribution in [1.29, 1.82) is 0 Å². The summed E-state index contributed by atoms with van der Waals surface area (Å²) in [5.74, 6) is 0. The highest BCUT2D eigenvalue weighted by Gasteiger charge is 2.24. The summed E-state index contributed by atoms with van der Waals surface area (Å²) in [6, 6.07) is 3.64. The van der Waals surface area contributed by atoms with Crippen molar-refractivity contribution in [3.63, 3.8) is 0 Å². The van der Waals surface area contributed by atoms with Crippen LogP contribution in [0, 0.1) is 0 Å². The molecule has 1 aliphatic heterocycles. The fraction of sp³-hybridized carbons (Fsp3) is 0.625. The molecule has 1 amide bonds. The number of ether oxygens (including phenoxy) is 1. The van der Waals surface area contributed by atoms with Crippen LogP contribution in [0.4, 0.5) is 4.79 Å². The highest BCUT2D eigenvalue weighted by atomic mass is 35.5. The maximum atomic E-state index is 12.2. The second kappa shape index (κ2) is 7.69. The van der Waals surface area contributed by atoms with Gasteiger partial charge in [-0.05, 0) is 33.3 Å². The molecule has 0 radical (unpaired) electrons. The number of halogens is 2. The fourth-order valence-corrected chi connectivity index (χ4v) is 2.84. The third-order valence-corrected chi connectivity index (χ3v) is 4.06. The van der Waals surface area contributed by atoms with Gasteiger partial charge < -0.3 is 9.64 Å². The average molecular weight is 360 g/mol. The lowest BCUT2D eigenvalue weighted by Gasteiger charge is -2.26. The summed E-state index contributed by atoms with van der Waals surface area (Å²) in [5, 5.41) is 0.830. The van der Waals surface area contributed by atoms with E-state index in [1.54, 1.807) is 11.0 Å². The first kappa shape index (κ1) is 18.3. The standard InChI is InChI=1S/C16H23Cl2N3O2/c1-16(2,3)23-15(22)21-8-4-7-20(9-10-21)11-12-5-6-13(17)19-14(12)18/h5-6H,4,7-11H2,1-3H3. The lowest BCUT2D eigenvalue weighted by molar-refractivity contribution is 0.0257. The number of hydrogen-bond donors (Lipinski definition) is 0. The molecule has 0 aromatic carbocycles. The molecule has 0 unspecified atom stereocenters. The Labute approximate surface area is 147 Å². The van der Waals surface area contributed by atoms with Crippen LogP contribution in [0.2, 0.25) is 10.3 Å². The van der Waals surface area contributed by atoms with Gasteiger partial charge in [0, 0.05) is 38.3 Å². The number of rotatable bonds is 2. The molecular weight excluding hydrogens is 337 g/mol. The van der Waals surface area contributed by atoms with Gasteiger partial charge in [0.15, 0.2) is 0 Å². The number of carbonyl (C=O) groups is 1. The Bertz CT molecular complexity index is 561. The SMILES string of the molecule is CC(C)(C)OC(=O)N1CCCN(Cc2ccc(Cl)nc2Cl)CC1. The topological polar surface area (TPSA) is 45.7 Å². The van der Waals surface area contributed by atoms with Crippen LogP contribution in [0.3, 0.4) is 0 Å². The minimum Gasteiger partial charge on any atom is -0.444 e. The van der Waals surface area contributed by atoms with Crippen molar-refractivity contribution in [3.05, 3.63) is 28.0 Å². The van der Waals surface area contributed by atoms with E-state index >= 15 is 0 Å². The van der Waals surface area contributed by atoms with Crippen molar-refractivity contribution >= 4 is 29.3 Å².